The van der Waals surface area contributed by atoms with Gasteiger partial charge in [-0.3, -0.25) is 0 Å². The van der Waals surface area contributed by atoms with Crippen molar-refractivity contribution in [3.8, 4) is 0 Å². The molecular weight excluding hydrogens is 342 g/mol. The lowest BCUT2D eigenvalue weighted by atomic mass is 10.2. The highest BCUT2D eigenvalue weighted by molar-refractivity contribution is 7.45. The topological polar surface area (TPSA) is 0 Å². The van der Waals surface area contributed by atoms with E-state index in [9.17, 15) is 0 Å². The molecule has 1 heterocycles. The third kappa shape index (κ3) is 8.70. The van der Waals surface area contributed by atoms with E-state index in [1.165, 1.54) is 51.4 Å². The van der Waals surface area contributed by atoms with Crippen LogP contribution in [0.5, 0.6) is 0 Å². The summed E-state index contributed by atoms with van der Waals surface area (Å²) in [5.74, 6) is 0. The molecule has 1 rings (SSSR count). The molecule has 0 bridgehead atoms. The van der Waals surface area contributed by atoms with Crippen LogP contribution in [0.4, 0.5) is 0 Å². The molecule has 1 saturated heterocycles. The molecule has 0 aromatic carbocycles. The van der Waals surface area contributed by atoms with Crippen molar-refractivity contribution < 1.29 is 0 Å². The first-order chi connectivity index (χ1) is 8.41. The second-order valence-electron chi connectivity index (χ2n) is 5.54. The van der Waals surface area contributed by atoms with E-state index in [2.05, 4.69) is 0 Å². The smallest absolute Gasteiger partial charge is 0.146 e. The van der Waals surface area contributed by atoms with Crippen molar-refractivity contribution in [2.24, 2.45) is 0 Å². The van der Waals surface area contributed by atoms with E-state index in [1.54, 1.807) is 0 Å². The Morgan fingerprint density at radius 2 is 0.611 bits per heavy atom. The highest BCUT2D eigenvalue weighted by atomic mass is 35.7. The van der Waals surface area contributed by atoms with Crippen LogP contribution in [0.2, 0.25) is 24.2 Å². The lowest BCUT2D eigenvalue weighted by molar-refractivity contribution is 0.673. The van der Waals surface area contributed by atoms with Crippen molar-refractivity contribution in [1.29, 1.82) is 0 Å². The fourth-order valence-electron chi connectivity index (χ4n) is 2.49. The summed E-state index contributed by atoms with van der Waals surface area (Å²) < 4.78 is 0. The molecule has 0 amide bonds. The minimum atomic E-state index is -1.92. The van der Waals surface area contributed by atoms with Crippen LogP contribution in [-0.4, -0.2) is 13.4 Å². The highest BCUT2D eigenvalue weighted by Crippen LogP contribution is 2.34. The minimum Gasteiger partial charge on any atom is -0.146 e. The fraction of sp³-hybridized carbons (Fsp3) is 1.00. The second-order valence-corrected chi connectivity index (χ2v) is 20.8. The Labute approximate surface area is 133 Å². The zero-order valence-corrected chi connectivity index (χ0v) is 16.0. The molecule has 18 heavy (non-hydrogen) atoms. The Kier molecular flexibility index (Phi) is 8.61. The number of hydrogen-bond acceptors (Lipinski definition) is 0. The third-order valence-electron chi connectivity index (χ3n) is 3.67. The van der Waals surface area contributed by atoms with Crippen molar-refractivity contribution in [3.63, 3.8) is 0 Å². The molecule has 0 aromatic rings. The van der Waals surface area contributed by atoms with Crippen molar-refractivity contribution in [2.45, 2.75) is 75.5 Å². The maximum absolute atomic E-state index is 6.46. The fourth-order valence-corrected chi connectivity index (χ4v) is 9.27. The van der Waals surface area contributed by atoms with E-state index in [1.807, 2.05) is 0 Å². The van der Waals surface area contributed by atoms with Gasteiger partial charge in [0.15, 0.2) is 0 Å². The van der Waals surface area contributed by atoms with Crippen LogP contribution in [0.25, 0.3) is 0 Å². The number of hydrogen-bond donors (Lipinski definition) is 0. The zero-order valence-electron chi connectivity index (χ0n) is 11.0. The summed E-state index contributed by atoms with van der Waals surface area (Å²) in [6.45, 7) is -3.85. The van der Waals surface area contributed by atoms with Crippen LogP contribution in [0.15, 0.2) is 0 Å². The molecule has 0 radical (unpaired) electrons. The third-order valence-corrected chi connectivity index (χ3v) is 12.5. The SMILES string of the molecule is Cl[Si]1(Cl)CCCCCC[Si](Cl)(Cl)CCCCCC1. The summed E-state index contributed by atoms with van der Waals surface area (Å²) in [6, 6.07) is 4.22. The van der Waals surface area contributed by atoms with Gasteiger partial charge in [0.25, 0.3) is 13.4 Å². The Morgan fingerprint density at radius 3 is 0.833 bits per heavy atom. The first-order valence-corrected chi connectivity index (χ1v) is 16.0. The van der Waals surface area contributed by atoms with Gasteiger partial charge in [0, 0.05) is 0 Å². The van der Waals surface area contributed by atoms with E-state index < -0.39 is 13.4 Å². The standard InChI is InChI=1S/C12H24Cl4Si2/c13-17(14)9-5-1-2-6-10-18(15,16)12-8-4-3-7-11-17/h1-12H2. The van der Waals surface area contributed by atoms with Gasteiger partial charge in [-0.2, -0.15) is 0 Å². The molecule has 6 heteroatoms. The maximum Gasteiger partial charge on any atom is 0.251 e. The predicted molar refractivity (Wildman–Crippen MR) is 91.1 cm³/mol. The molecule has 1 aliphatic rings. The van der Waals surface area contributed by atoms with Gasteiger partial charge in [-0.25, -0.2) is 0 Å². The van der Waals surface area contributed by atoms with Crippen LogP contribution in [0, 0.1) is 0 Å². The lowest BCUT2D eigenvalue weighted by Gasteiger charge is -2.19. The molecule has 0 nitrogen and oxygen atoms in total. The molecule has 1 aliphatic heterocycles. The molecule has 1 fully saturated rings. The van der Waals surface area contributed by atoms with Gasteiger partial charge >= 0.3 is 0 Å². The average molecular weight is 366 g/mol. The van der Waals surface area contributed by atoms with Crippen molar-refractivity contribution in [2.75, 3.05) is 0 Å². The molecule has 108 valence electrons. The van der Waals surface area contributed by atoms with Gasteiger partial charge in [0.1, 0.15) is 0 Å². The van der Waals surface area contributed by atoms with Crippen LogP contribution >= 0.6 is 44.3 Å². The Bertz CT molecular complexity index is 190. The number of halogens is 4. The predicted octanol–water partition coefficient (Wildman–Crippen LogP) is 6.96. The normalized spacial score (nSPS) is 27.3. The number of rotatable bonds is 0. The monoisotopic (exact) mass is 364 g/mol. The molecule has 0 aromatic heterocycles. The summed E-state index contributed by atoms with van der Waals surface area (Å²) >= 11 is 25.8. The minimum absolute atomic E-state index is 1.06. The summed E-state index contributed by atoms with van der Waals surface area (Å²) in [5, 5.41) is 0. The van der Waals surface area contributed by atoms with E-state index in [-0.39, 0.29) is 0 Å². The van der Waals surface area contributed by atoms with E-state index in [0.717, 1.165) is 24.2 Å². The Balaban J connectivity index is 2.36. The van der Waals surface area contributed by atoms with Crippen LogP contribution in [-0.2, 0) is 0 Å². The molecule has 0 N–H and O–H groups in total. The molecule has 0 unspecified atom stereocenters. The maximum atomic E-state index is 6.46. The van der Waals surface area contributed by atoms with Gasteiger partial charge < -0.3 is 0 Å². The summed E-state index contributed by atoms with van der Waals surface area (Å²) in [7, 11) is 0. The lowest BCUT2D eigenvalue weighted by Crippen LogP contribution is -2.19. The van der Waals surface area contributed by atoms with Crippen molar-refractivity contribution in [1.82, 2.24) is 0 Å². The van der Waals surface area contributed by atoms with E-state index in [4.69, 9.17) is 44.3 Å². The summed E-state index contributed by atoms with van der Waals surface area (Å²) in [4.78, 5) is 0. The molecule has 0 spiro atoms. The van der Waals surface area contributed by atoms with Gasteiger partial charge in [-0.1, -0.05) is 51.4 Å². The summed E-state index contributed by atoms with van der Waals surface area (Å²) in [5.41, 5.74) is 0. The van der Waals surface area contributed by atoms with Crippen LogP contribution < -0.4 is 0 Å². The van der Waals surface area contributed by atoms with E-state index in [0.29, 0.717) is 0 Å². The van der Waals surface area contributed by atoms with Crippen LogP contribution in [0.1, 0.15) is 51.4 Å². The van der Waals surface area contributed by atoms with Crippen molar-refractivity contribution >= 4 is 57.7 Å². The van der Waals surface area contributed by atoms with E-state index >= 15 is 0 Å². The Morgan fingerprint density at radius 1 is 0.389 bits per heavy atom. The first kappa shape index (κ1) is 17.6. The Hall–Kier alpha value is 1.59. The zero-order chi connectivity index (χ0) is 13.5. The molecular formula is C12H24Cl4Si2. The molecule has 0 atom stereocenters. The van der Waals surface area contributed by atoms with Gasteiger partial charge in [-0.05, 0) is 24.2 Å². The quantitative estimate of drug-likeness (QED) is 0.321. The summed E-state index contributed by atoms with van der Waals surface area (Å²) in [6.07, 6.45) is 9.63. The average Bonchev–Trinajstić information content (AvgIpc) is 2.27. The van der Waals surface area contributed by atoms with Gasteiger partial charge in [-0.15, -0.1) is 44.3 Å². The first-order valence-electron chi connectivity index (χ1n) is 7.17. The molecule has 0 saturated carbocycles. The largest absolute Gasteiger partial charge is 0.251 e. The van der Waals surface area contributed by atoms with Crippen molar-refractivity contribution in [3.05, 3.63) is 0 Å². The molecule has 0 aliphatic carbocycles. The van der Waals surface area contributed by atoms with Crippen LogP contribution in [0.3, 0.4) is 0 Å². The van der Waals surface area contributed by atoms with Gasteiger partial charge in [0.2, 0.25) is 0 Å². The highest BCUT2D eigenvalue weighted by Gasteiger charge is 2.29. The van der Waals surface area contributed by atoms with Gasteiger partial charge in [0.05, 0.1) is 0 Å². The second kappa shape index (κ2) is 8.79.